The Hall–Kier alpha value is -1.99. The van der Waals surface area contributed by atoms with E-state index in [2.05, 4.69) is 20.8 Å². The zero-order valence-corrected chi connectivity index (χ0v) is 6.41. The van der Waals surface area contributed by atoms with Crippen molar-refractivity contribution in [1.82, 2.24) is 10.3 Å². The molecule has 0 aromatic heterocycles. The second-order valence-electron chi connectivity index (χ2n) is 2.56. The van der Waals surface area contributed by atoms with E-state index in [1.807, 2.05) is 0 Å². The van der Waals surface area contributed by atoms with Gasteiger partial charge in [0.2, 0.25) is 0 Å². The summed E-state index contributed by atoms with van der Waals surface area (Å²) in [5, 5.41) is 6.97. The number of nitrogens with one attached hydrogen (secondary N) is 1. The van der Waals surface area contributed by atoms with E-state index < -0.39 is 18.2 Å². The lowest BCUT2D eigenvalue weighted by Gasteiger charge is -2.21. The molecule has 0 aliphatic carbocycles. The van der Waals surface area contributed by atoms with E-state index in [0.29, 0.717) is 0 Å². The van der Waals surface area contributed by atoms with Crippen LogP contribution in [0, 0.1) is 0 Å². The van der Waals surface area contributed by atoms with Crippen LogP contribution in [0.4, 0.5) is 4.79 Å². The summed E-state index contributed by atoms with van der Waals surface area (Å²) < 4.78 is 0. The maximum atomic E-state index is 11.1. The number of amides is 3. The van der Waals surface area contributed by atoms with Crippen molar-refractivity contribution in [2.24, 2.45) is 21.1 Å². The van der Waals surface area contributed by atoms with Crippen LogP contribution < -0.4 is 11.2 Å². The topological polar surface area (TPSA) is 113 Å². The Balaban J connectivity index is 2.28. The van der Waals surface area contributed by atoms with Crippen LogP contribution in [0.3, 0.4) is 0 Å². The van der Waals surface area contributed by atoms with Crippen molar-refractivity contribution in [3.63, 3.8) is 0 Å². The van der Waals surface area contributed by atoms with Gasteiger partial charge in [-0.15, -0.1) is 5.11 Å². The molecule has 8 heteroatoms. The highest BCUT2D eigenvalue weighted by molar-refractivity contribution is 5.93. The van der Waals surface area contributed by atoms with Crippen LogP contribution in [0.2, 0.25) is 0 Å². The van der Waals surface area contributed by atoms with Crippen LogP contribution in [0.25, 0.3) is 0 Å². The summed E-state index contributed by atoms with van der Waals surface area (Å²) in [6, 6.07) is -1.42. The van der Waals surface area contributed by atoms with Crippen LogP contribution in [-0.2, 0) is 4.79 Å². The number of nitrogens with zero attached hydrogens (tertiary/aromatic N) is 4. The first kappa shape index (κ1) is 7.65. The Morgan fingerprint density at radius 2 is 2.46 bits per heavy atom. The van der Waals surface area contributed by atoms with Crippen molar-refractivity contribution in [2.75, 3.05) is 0 Å². The molecule has 2 unspecified atom stereocenters. The van der Waals surface area contributed by atoms with Crippen LogP contribution in [0.5, 0.6) is 0 Å². The number of aliphatic imine (C=N–C) groups is 1. The van der Waals surface area contributed by atoms with Gasteiger partial charge in [-0.05, 0) is 0 Å². The van der Waals surface area contributed by atoms with Crippen LogP contribution in [-0.4, -0.2) is 35.4 Å². The van der Waals surface area contributed by atoms with Crippen molar-refractivity contribution in [3.8, 4) is 0 Å². The molecule has 0 radical (unpaired) electrons. The number of nitrogens with two attached hydrogens (primary N) is 1. The highest BCUT2D eigenvalue weighted by Gasteiger charge is 2.40. The van der Waals surface area contributed by atoms with E-state index in [0.717, 1.165) is 4.90 Å². The standard InChI is InChI=1S/C5H6N6O2/c6-5(13)11-1-7-2-3(11)8-10-9-4(2)12/h1-3H,(H2,6,13)(H,8,9,12). The van der Waals surface area contributed by atoms with Gasteiger partial charge in [0.05, 0.1) is 6.34 Å². The van der Waals surface area contributed by atoms with Gasteiger partial charge in [0, 0.05) is 0 Å². The van der Waals surface area contributed by atoms with Crippen molar-refractivity contribution >= 4 is 18.3 Å². The number of rotatable bonds is 0. The molecule has 13 heavy (non-hydrogen) atoms. The number of hydrogen-bond acceptors (Lipinski definition) is 5. The SMILES string of the molecule is NC(=O)N1C=NC2C(=O)NN=NC21. The third-order valence-corrected chi connectivity index (χ3v) is 1.78. The van der Waals surface area contributed by atoms with Gasteiger partial charge >= 0.3 is 6.03 Å². The van der Waals surface area contributed by atoms with Gasteiger partial charge in [-0.2, -0.15) is 0 Å². The number of urea groups is 1. The van der Waals surface area contributed by atoms with E-state index in [-0.39, 0.29) is 5.91 Å². The fraction of sp³-hybridized carbons (Fsp3) is 0.400. The quantitative estimate of drug-likeness (QED) is 0.480. The molecule has 0 fully saturated rings. The summed E-state index contributed by atoms with van der Waals surface area (Å²) >= 11 is 0. The fourth-order valence-electron chi connectivity index (χ4n) is 1.15. The van der Waals surface area contributed by atoms with Gasteiger partial charge in [0.15, 0.2) is 12.2 Å². The lowest BCUT2D eigenvalue weighted by Crippen LogP contribution is -2.49. The minimum Gasteiger partial charge on any atom is -0.351 e. The van der Waals surface area contributed by atoms with E-state index in [4.69, 9.17) is 5.73 Å². The maximum absolute atomic E-state index is 11.1. The summed E-state index contributed by atoms with van der Waals surface area (Å²) in [6.45, 7) is 0. The second-order valence-corrected chi connectivity index (χ2v) is 2.56. The van der Waals surface area contributed by atoms with Crippen LogP contribution in [0.1, 0.15) is 0 Å². The predicted molar refractivity (Wildman–Crippen MR) is 40.5 cm³/mol. The zero-order chi connectivity index (χ0) is 9.42. The fourth-order valence-corrected chi connectivity index (χ4v) is 1.15. The van der Waals surface area contributed by atoms with Crippen molar-refractivity contribution in [2.45, 2.75) is 12.2 Å². The largest absolute Gasteiger partial charge is 0.351 e. The Kier molecular flexibility index (Phi) is 1.47. The zero-order valence-electron chi connectivity index (χ0n) is 6.41. The Morgan fingerprint density at radius 3 is 3.15 bits per heavy atom. The van der Waals surface area contributed by atoms with Gasteiger partial charge in [-0.25, -0.2) is 10.2 Å². The molecule has 2 heterocycles. The molecule has 0 aromatic rings. The predicted octanol–water partition coefficient (Wildman–Crippen LogP) is -1.40. The van der Waals surface area contributed by atoms with Crippen molar-refractivity contribution < 1.29 is 9.59 Å². The van der Waals surface area contributed by atoms with Gasteiger partial charge in [-0.1, -0.05) is 5.22 Å². The number of carbonyl (C=O) groups excluding carboxylic acids is 2. The first-order valence-corrected chi connectivity index (χ1v) is 3.51. The van der Waals surface area contributed by atoms with Crippen LogP contribution >= 0.6 is 0 Å². The average molecular weight is 182 g/mol. The second kappa shape index (κ2) is 2.51. The third kappa shape index (κ3) is 1.03. The maximum Gasteiger partial charge on any atom is 0.321 e. The summed E-state index contributed by atoms with van der Waals surface area (Å²) in [5.74, 6) is -0.389. The molecular formula is C5H6N6O2. The number of hydrogen-bond donors (Lipinski definition) is 2. The van der Waals surface area contributed by atoms with Crippen molar-refractivity contribution in [1.29, 1.82) is 0 Å². The van der Waals surface area contributed by atoms with Gasteiger partial charge in [-0.3, -0.25) is 14.7 Å². The molecule has 3 amide bonds. The smallest absolute Gasteiger partial charge is 0.321 e. The molecule has 0 bridgehead atoms. The molecule has 3 N–H and O–H groups in total. The summed E-state index contributed by atoms with van der Waals surface area (Å²) in [5.41, 5.74) is 7.15. The summed E-state index contributed by atoms with van der Waals surface area (Å²) in [7, 11) is 0. The molecule has 0 saturated carbocycles. The van der Waals surface area contributed by atoms with E-state index in [1.54, 1.807) is 0 Å². The van der Waals surface area contributed by atoms with Crippen LogP contribution in [0.15, 0.2) is 15.3 Å². The molecule has 0 spiro atoms. The Bertz CT molecular complexity index is 323. The third-order valence-electron chi connectivity index (χ3n) is 1.78. The number of fused-ring (bicyclic) bond motifs is 1. The molecule has 68 valence electrons. The average Bonchev–Trinajstić information content (AvgIpc) is 2.48. The highest BCUT2D eigenvalue weighted by atomic mass is 16.2. The Labute approximate surface area is 72.5 Å². The molecule has 2 aliphatic heterocycles. The molecule has 0 saturated heterocycles. The number of primary amides is 1. The van der Waals surface area contributed by atoms with E-state index >= 15 is 0 Å². The molecule has 0 aromatic carbocycles. The minimum absolute atomic E-state index is 0.389. The Morgan fingerprint density at radius 1 is 1.69 bits per heavy atom. The first-order chi connectivity index (χ1) is 6.20. The minimum atomic E-state index is -0.718. The molecule has 2 rings (SSSR count). The molecule has 2 aliphatic rings. The van der Waals surface area contributed by atoms with E-state index in [1.165, 1.54) is 6.34 Å². The van der Waals surface area contributed by atoms with Gasteiger partial charge in [0.25, 0.3) is 5.91 Å². The monoisotopic (exact) mass is 182 g/mol. The molecule has 2 atom stereocenters. The number of carbonyl (C=O) groups is 2. The normalized spacial score (nSPS) is 30.2. The lowest BCUT2D eigenvalue weighted by atomic mass is 10.2. The first-order valence-electron chi connectivity index (χ1n) is 3.51. The highest BCUT2D eigenvalue weighted by Crippen LogP contribution is 2.17. The van der Waals surface area contributed by atoms with Gasteiger partial charge < -0.3 is 5.73 Å². The van der Waals surface area contributed by atoms with Gasteiger partial charge in [0.1, 0.15) is 0 Å². The summed E-state index contributed by atoms with van der Waals surface area (Å²) in [4.78, 5) is 26.7. The van der Waals surface area contributed by atoms with Crippen molar-refractivity contribution in [3.05, 3.63) is 0 Å². The molecular weight excluding hydrogens is 176 g/mol. The lowest BCUT2D eigenvalue weighted by molar-refractivity contribution is -0.124. The van der Waals surface area contributed by atoms with E-state index in [9.17, 15) is 9.59 Å². The molecule has 8 nitrogen and oxygen atoms in total. The summed E-state index contributed by atoms with van der Waals surface area (Å²) in [6.07, 6.45) is 0.480.